The summed E-state index contributed by atoms with van der Waals surface area (Å²) >= 11 is 0. The molecule has 0 amide bonds. The van der Waals surface area contributed by atoms with Crippen LogP contribution in [0.1, 0.15) is 20.3 Å². The summed E-state index contributed by atoms with van der Waals surface area (Å²) in [5, 5.41) is 3.69. The van der Waals surface area contributed by atoms with Crippen molar-refractivity contribution >= 4 is 5.90 Å². The summed E-state index contributed by atoms with van der Waals surface area (Å²) in [6.07, 6.45) is 0.822. The normalized spacial score (nSPS) is 11.4. The van der Waals surface area contributed by atoms with Gasteiger partial charge < -0.3 is 15.3 Å². The zero-order valence-corrected chi connectivity index (χ0v) is 7.17. The Labute approximate surface area is 67.3 Å². The number of hydrogen-bond acceptors (Lipinski definition) is 4. The van der Waals surface area contributed by atoms with Crippen LogP contribution in [0.4, 0.5) is 0 Å². The maximum absolute atomic E-state index is 5.24. The molecule has 0 aliphatic heterocycles. The minimum atomic E-state index is 0.556. The molecule has 0 aliphatic rings. The molecule has 0 aromatic carbocycles. The van der Waals surface area contributed by atoms with Gasteiger partial charge in [-0.3, -0.25) is 0 Å². The van der Waals surface area contributed by atoms with Crippen LogP contribution in [0.5, 0.6) is 0 Å². The van der Waals surface area contributed by atoms with Gasteiger partial charge in [0.25, 0.3) is 0 Å². The van der Waals surface area contributed by atoms with Crippen LogP contribution < -0.4 is 5.73 Å². The van der Waals surface area contributed by atoms with Gasteiger partial charge in [-0.2, -0.15) is 0 Å². The number of hydrogen-bond donors (Lipinski definition) is 1. The Morgan fingerprint density at radius 3 is 2.82 bits per heavy atom. The number of ether oxygens (including phenoxy) is 1. The minimum absolute atomic E-state index is 0.556. The van der Waals surface area contributed by atoms with E-state index in [9.17, 15) is 0 Å². The first-order chi connectivity index (χ1) is 5.31. The maximum atomic E-state index is 5.24. The first kappa shape index (κ1) is 10.2. The quantitative estimate of drug-likeness (QED) is 0.279. The van der Waals surface area contributed by atoms with Crippen LogP contribution in [0.3, 0.4) is 0 Å². The molecule has 0 radical (unpaired) electrons. The molecule has 66 valence electrons. The van der Waals surface area contributed by atoms with Gasteiger partial charge in [0.15, 0.2) is 0 Å². The molecule has 0 unspecified atom stereocenters. The van der Waals surface area contributed by atoms with Gasteiger partial charge in [-0.1, -0.05) is 5.16 Å². The third kappa shape index (κ3) is 7.12. The van der Waals surface area contributed by atoms with Crippen molar-refractivity contribution in [3.05, 3.63) is 0 Å². The van der Waals surface area contributed by atoms with Gasteiger partial charge in [-0.25, -0.2) is 0 Å². The van der Waals surface area contributed by atoms with Gasteiger partial charge in [0, 0.05) is 6.92 Å². The van der Waals surface area contributed by atoms with E-state index in [0.717, 1.165) is 6.42 Å². The van der Waals surface area contributed by atoms with Gasteiger partial charge in [0.05, 0.1) is 6.61 Å². The van der Waals surface area contributed by atoms with Crippen LogP contribution >= 0.6 is 0 Å². The third-order valence-electron chi connectivity index (χ3n) is 0.986. The summed E-state index contributed by atoms with van der Waals surface area (Å²) in [7, 11) is 0. The number of nitrogens with zero attached hydrogens (tertiary/aromatic N) is 1. The second-order valence-electron chi connectivity index (χ2n) is 2.02. The average Bonchev–Trinajstić information content (AvgIpc) is 1.99. The molecule has 0 aromatic rings. The van der Waals surface area contributed by atoms with Gasteiger partial charge >= 0.3 is 0 Å². The Kier molecular flexibility index (Phi) is 6.82. The Balaban J connectivity index is 3.24. The molecule has 0 spiro atoms. The largest absolute Gasteiger partial charge is 0.479 e. The fraction of sp³-hybridized carbons (Fsp3) is 0.857. The molecule has 11 heavy (non-hydrogen) atoms. The lowest BCUT2D eigenvalue weighted by Gasteiger charge is -2.01. The molecule has 0 bridgehead atoms. The highest BCUT2D eigenvalue weighted by Crippen LogP contribution is 1.85. The first-order valence-corrected chi connectivity index (χ1v) is 3.80. The second-order valence-corrected chi connectivity index (χ2v) is 2.02. The molecular weight excluding hydrogens is 144 g/mol. The van der Waals surface area contributed by atoms with Crippen LogP contribution in [-0.4, -0.2) is 25.7 Å². The van der Waals surface area contributed by atoms with Gasteiger partial charge in [0.1, 0.15) is 6.61 Å². The van der Waals surface area contributed by atoms with E-state index >= 15 is 0 Å². The van der Waals surface area contributed by atoms with Crippen molar-refractivity contribution in [3.63, 3.8) is 0 Å². The Bertz CT molecular complexity index is 115. The molecule has 0 aliphatic carbocycles. The predicted octanol–water partition coefficient (Wildman–Crippen LogP) is 0.722. The fourth-order valence-electron chi connectivity index (χ4n) is 0.520. The van der Waals surface area contributed by atoms with Crippen molar-refractivity contribution < 1.29 is 9.57 Å². The Morgan fingerprint density at radius 2 is 2.27 bits per heavy atom. The van der Waals surface area contributed by atoms with E-state index in [1.807, 2.05) is 6.92 Å². The van der Waals surface area contributed by atoms with Crippen LogP contribution in [-0.2, 0) is 9.57 Å². The highest BCUT2D eigenvalue weighted by atomic mass is 16.6. The molecule has 2 N–H and O–H groups in total. The van der Waals surface area contributed by atoms with E-state index in [2.05, 4.69) is 5.16 Å². The van der Waals surface area contributed by atoms with E-state index < -0.39 is 0 Å². The monoisotopic (exact) mass is 160 g/mol. The number of rotatable bonds is 5. The third-order valence-corrected chi connectivity index (χ3v) is 0.986. The molecule has 0 saturated heterocycles. The van der Waals surface area contributed by atoms with E-state index in [1.165, 1.54) is 0 Å². The van der Waals surface area contributed by atoms with Crippen molar-refractivity contribution in [3.8, 4) is 0 Å². The molecule has 0 rings (SSSR count). The average molecular weight is 160 g/mol. The topological polar surface area (TPSA) is 56.8 Å². The molecule has 4 nitrogen and oxygen atoms in total. The van der Waals surface area contributed by atoms with E-state index in [-0.39, 0.29) is 0 Å². The van der Waals surface area contributed by atoms with Gasteiger partial charge in [-0.15, -0.1) is 0 Å². The van der Waals surface area contributed by atoms with Crippen molar-refractivity contribution in [1.29, 1.82) is 0 Å². The number of oxime groups is 1. The van der Waals surface area contributed by atoms with Crippen molar-refractivity contribution in [2.75, 3.05) is 19.8 Å². The summed E-state index contributed by atoms with van der Waals surface area (Å²) in [6.45, 7) is 5.46. The molecule has 0 aromatic heterocycles. The molecule has 0 fully saturated rings. The van der Waals surface area contributed by atoms with Crippen LogP contribution in [0.2, 0.25) is 0 Å². The smallest absolute Gasteiger partial charge is 0.222 e. The molecule has 4 heteroatoms. The van der Waals surface area contributed by atoms with Crippen molar-refractivity contribution in [1.82, 2.24) is 0 Å². The predicted molar refractivity (Wildman–Crippen MR) is 44.4 cm³/mol. The van der Waals surface area contributed by atoms with E-state index in [4.69, 9.17) is 15.3 Å². The minimum Gasteiger partial charge on any atom is -0.479 e. The summed E-state index contributed by atoms with van der Waals surface area (Å²) in [5.41, 5.74) is 5.24. The molecule has 0 saturated carbocycles. The second kappa shape index (κ2) is 7.34. The zero-order chi connectivity index (χ0) is 8.53. The summed E-state index contributed by atoms with van der Waals surface area (Å²) in [4.78, 5) is 4.87. The lowest BCUT2D eigenvalue weighted by atomic mass is 10.5. The van der Waals surface area contributed by atoms with Gasteiger partial charge in [0.2, 0.25) is 5.90 Å². The standard InChI is InChI=1S/C7H16N2O2/c1-3-10-7(2)9-11-6-4-5-8/h3-6,8H2,1-2H3. The zero-order valence-electron chi connectivity index (χ0n) is 7.17. The maximum Gasteiger partial charge on any atom is 0.222 e. The van der Waals surface area contributed by atoms with Gasteiger partial charge in [-0.05, 0) is 19.9 Å². The summed E-state index contributed by atoms with van der Waals surface area (Å²) in [5.74, 6) is 0.560. The Morgan fingerprint density at radius 1 is 1.55 bits per heavy atom. The molecule has 0 heterocycles. The summed E-state index contributed by atoms with van der Waals surface area (Å²) in [6, 6.07) is 0. The number of nitrogens with two attached hydrogens (primary N) is 1. The SMILES string of the molecule is CCOC(C)=NOCCCN. The summed E-state index contributed by atoms with van der Waals surface area (Å²) < 4.78 is 5.02. The highest BCUT2D eigenvalue weighted by molar-refractivity contribution is 5.72. The first-order valence-electron chi connectivity index (χ1n) is 3.80. The lowest BCUT2D eigenvalue weighted by molar-refractivity contribution is 0.131. The van der Waals surface area contributed by atoms with E-state index in [0.29, 0.717) is 25.7 Å². The van der Waals surface area contributed by atoms with Crippen LogP contribution in [0.25, 0.3) is 0 Å². The fourth-order valence-corrected chi connectivity index (χ4v) is 0.520. The van der Waals surface area contributed by atoms with E-state index in [1.54, 1.807) is 6.92 Å². The highest BCUT2D eigenvalue weighted by Gasteiger charge is 1.88. The van der Waals surface area contributed by atoms with Crippen LogP contribution in [0.15, 0.2) is 5.16 Å². The molecule has 0 atom stereocenters. The van der Waals surface area contributed by atoms with Crippen LogP contribution in [0, 0.1) is 0 Å². The Hall–Kier alpha value is -0.770. The van der Waals surface area contributed by atoms with Crippen molar-refractivity contribution in [2.24, 2.45) is 10.9 Å². The van der Waals surface area contributed by atoms with Crippen molar-refractivity contribution in [2.45, 2.75) is 20.3 Å². The lowest BCUT2D eigenvalue weighted by Crippen LogP contribution is -2.04. The molecular formula is C7H16N2O2.